The average molecular weight is 415 g/mol. The van der Waals surface area contributed by atoms with E-state index in [0.717, 1.165) is 23.2 Å². The lowest BCUT2D eigenvalue weighted by Crippen LogP contribution is -2.35. The van der Waals surface area contributed by atoms with Crippen molar-refractivity contribution in [2.24, 2.45) is 0 Å². The zero-order chi connectivity index (χ0) is 21.8. The molecule has 1 aliphatic rings. The highest BCUT2D eigenvalue weighted by atomic mass is 16.5. The predicted molar refractivity (Wildman–Crippen MR) is 122 cm³/mol. The summed E-state index contributed by atoms with van der Waals surface area (Å²) in [6.07, 6.45) is 0.822. The Morgan fingerprint density at radius 1 is 1.03 bits per heavy atom. The third-order valence-electron chi connectivity index (χ3n) is 5.49. The van der Waals surface area contributed by atoms with Crippen molar-refractivity contribution in [2.45, 2.75) is 32.9 Å². The van der Waals surface area contributed by atoms with Gasteiger partial charge in [0.1, 0.15) is 5.75 Å². The second-order valence-corrected chi connectivity index (χ2v) is 7.67. The Kier molecular flexibility index (Phi) is 6.03. The molecule has 1 N–H and O–H groups in total. The van der Waals surface area contributed by atoms with Gasteiger partial charge in [-0.3, -0.25) is 9.59 Å². The van der Waals surface area contributed by atoms with Crippen molar-refractivity contribution in [1.29, 1.82) is 0 Å². The van der Waals surface area contributed by atoms with Crippen molar-refractivity contribution in [3.05, 3.63) is 95.1 Å². The Bertz CT molecular complexity index is 1090. The summed E-state index contributed by atoms with van der Waals surface area (Å²) < 4.78 is 5.56. The van der Waals surface area contributed by atoms with Gasteiger partial charge in [0, 0.05) is 23.8 Å². The summed E-state index contributed by atoms with van der Waals surface area (Å²) in [6.45, 7) is 4.82. The van der Waals surface area contributed by atoms with Crippen LogP contribution in [0.3, 0.4) is 0 Å². The van der Waals surface area contributed by atoms with Gasteiger partial charge in [-0.15, -0.1) is 0 Å². The first kappa shape index (κ1) is 20.7. The van der Waals surface area contributed by atoms with Gasteiger partial charge in [-0.1, -0.05) is 42.5 Å². The molecular formula is C26H26N2O3. The van der Waals surface area contributed by atoms with Crippen LogP contribution in [0, 0.1) is 0 Å². The Labute approximate surface area is 182 Å². The van der Waals surface area contributed by atoms with E-state index in [1.807, 2.05) is 66.4 Å². The van der Waals surface area contributed by atoms with Crippen LogP contribution >= 0.6 is 0 Å². The number of carbonyl (C=O) groups excluding carboxylic acids is 2. The Balaban J connectivity index is 1.52. The molecule has 1 heterocycles. The lowest BCUT2D eigenvalue weighted by atomic mass is 10.1. The molecule has 0 saturated carbocycles. The fourth-order valence-electron chi connectivity index (χ4n) is 4.01. The smallest absolute Gasteiger partial charge is 0.258 e. The molecule has 2 amide bonds. The first-order valence-electron chi connectivity index (χ1n) is 10.6. The molecular weight excluding hydrogens is 388 g/mol. The van der Waals surface area contributed by atoms with Gasteiger partial charge in [-0.2, -0.15) is 0 Å². The van der Waals surface area contributed by atoms with Crippen molar-refractivity contribution in [2.75, 3.05) is 11.5 Å². The first-order chi connectivity index (χ1) is 15.1. The number of fused-ring (bicyclic) bond motifs is 1. The standard InChI is InChI=1S/C26H26N2O3/c1-3-31-24-12-8-7-11-22(24)25(29)27-17-19-13-14-21-15-18(2)28(23(21)16-19)26(30)20-9-5-4-6-10-20/h4-14,16,18H,3,15,17H2,1-2H3,(H,27,29)/t18-/m0/s1. The normalized spacial score (nSPS) is 14.8. The maximum absolute atomic E-state index is 13.1. The van der Waals surface area contributed by atoms with Gasteiger partial charge in [-0.05, 0) is 61.7 Å². The maximum atomic E-state index is 13.1. The van der Waals surface area contributed by atoms with Crippen LogP contribution in [-0.4, -0.2) is 24.5 Å². The van der Waals surface area contributed by atoms with Crippen LogP contribution in [0.15, 0.2) is 72.8 Å². The van der Waals surface area contributed by atoms with Crippen LogP contribution < -0.4 is 15.0 Å². The van der Waals surface area contributed by atoms with E-state index in [1.54, 1.807) is 12.1 Å². The van der Waals surface area contributed by atoms with Gasteiger partial charge in [0.25, 0.3) is 11.8 Å². The number of rotatable bonds is 6. The highest BCUT2D eigenvalue weighted by Crippen LogP contribution is 2.34. The molecule has 4 rings (SSSR count). The van der Waals surface area contributed by atoms with Gasteiger partial charge in [0.15, 0.2) is 0 Å². The molecule has 0 spiro atoms. The molecule has 5 nitrogen and oxygen atoms in total. The summed E-state index contributed by atoms with van der Waals surface area (Å²) in [5.41, 5.74) is 4.20. The van der Waals surface area contributed by atoms with Crippen molar-refractivity contribution in [3.63, 3.8) is 0 Å². The molecule has 1 atom stereocenters. The predicted octanol–water partition coefficient (Wildman–Crippen LogP) is 4.61. The van der Waals surface area contributed by atoms with Crippen LogP contribution in [0.1, 0.15) is 45.7 Å². The Hall–Kier alpha value is -3.60. The van der Waals surface area contributed by atoms with Crippen LogP contribution in [-0.2, 0) is 13.0 Å². The van der Waals surface area contributed by atoms with Crippen LogP contribution in [0.25, 0.3) is 0 Å². The number of anilines is 1. The fraction of sp³-hybridized carbons (Fsp3) is 0.231. The largest absolute Gasteiger partial charge is 0.493 e. The fourth-order valence-corrected chi connectivity index (χ4v) is 4.01. The summed E-state index contributed by atoms with van der Waals surface area (Å²) in [4.78, 5) is 27.7. The number of para-hydroxylation sites is 1. The monoisotopic (exact) mass is 414 g/mol. The highest BCUT2D eigenvalue weighted by molar-refractivity contribution is 6.07. The van der Waals surface area contributed by atoms with Gasteiger partial charge < -0.3 is 15.0 Å². The lowest BCUT2D eigenvalue weighted by molar-refractivity contribution is 0.0945. The van der Waals surface area contributed by atoms with E-state index in [4.69, 9.17) is 4.74 Å². The van der Waals surface area contributed by atoms with Crippen LogP contribution in [0.4, 0.5) is 5.69 Å². The number of carbonyl (C=O) groups is 2. The zero-order valence-electron chi connectivity index (χ0n) is 17.8. The lowest BCUT2D eigenvalue weighted by Gasteiger charge is -2.23. The average Bonchev–Trinajstić information content (AvgIpc) is 3.13. The quantitative estimate of drug-likeness (QED) is 0.641. The molecule has 0 unspecified atom stereocenters. The molecule has 0 aromatic heterocycles. The van der Waals surface area contributed by atoms with E-state index in [-0.39, 0.29) is 17.9 Å². The second-order valence-electron chi connectivity index (χ2n) is 7.67. The Morgan fingerprint density at radius 2 is 1.77 bits per heavy atom. The molecule has 0 bridgehead atoms. The summed E-state index contributed by atoms with van der Waals surface area (Å²) in [5, 5.41) is 2.97. The van der Waals surface area contributed by atoms with E-state index >= 15 is 0 Å². The van der Waals surface area contributed by atoms with Crippen molar-refractivity contribution < 1.29 is 14.3 Å². The molecule has 3 aromatic carbocycles. The summed E-state index contributed by atoms with van der Waals surface area (Å²) in [5.74, 6) is 0.388. The van der Waals surface area contributed by atoms with E-state index in [0.29, 0.717) is 30.0 Å². The molecule has 1 aliphatic heterocycles. The van der Waals surface area contributed by atoms with Crippen molar-refractivity contribution in [3.8, 4) is 5.75 Å². The third-order valence-corrected chi connectivity index (χ3v) is 5.49. The van der Waals surface area contributed by atoms with Crippen molar-refractivity contribution in [1.82, 2.24) is 5.32 Å². The summed E-state index contributed by atoms with van der Waals surface area (Å²) in [6, 6.07) is 22.7. The van der Waals surface area contributed by atoms with E-state index in [9.17, 15) is 9.59 Å². The van der Waals surface area contributed by atoms with Gasteiger partial charge in [0.2, 0.25) is 0 Å². The molecule has 0 aliphatic carbocycles. The van der Waals surface area contributed by atoms with E-state index < -0.39 is 0 Å². The zero-order valence-corrected chi connectivity index (χ0v) is 17.8. The summed E-state index contributed by atoms with van der Waals surface area (Å²) in [7, 11) is 0. The van der Waals surface area contributed by atoms with Crippen molar-refractivity contribution >= 4 is 17.5 Å². The molecule has 31 heavy (non-hydrogen) atoms. The van der Waals surface area contributed by atoms with Gasteiger partial charge in [-0.25, -0.2) is 0 Å². The van der Waals surface area contributed by atoms with E-state index in [1.165, 1.54) is 0 Å². The molecule has 0 fully saturated rings. The van der Waals surface area contributed by atoms with Crippen LogP contribution in [0.5, 0.6) is 5.75 Å². The minimum absolute atomic E-state index is 0.00122. The topological polar surface area (TPSA) is 58.6 Å². The SMILES string of the molecule is CCOc1ccccc1C(=O)NCc1ccc2c(c1)N(C(=O)c1ccccc1)[C@@H](C)C2. The van der Waals surface area contributed by atoms with E-state index in [2.05, 4.69) is 18.3 Å². The highest BCUT2D eigenvalue weighted by Gasteiger charge is 2.31. The maximum Gasteiger partial charge on any atom is 0.258 e. The second kappa shape index (κ2) is 9.04. The number of ether oxygens (including phenoxy) is 1. The molecule has 158 valence electrons. The number of nitrogens with one attached hydrogen (secondary N) is 1. The number of hydrogen-bond acceptors (Lipinski definition) is 3. The molecule has 3 aromatic rings. The molecule has 5 heteroatoms. The number of benzene rings is 3. The number of hydrogen-bond donors (Lipinski definition) is 1. The first-order valence-corrected chi connectivity index (χ1v) is 10.6. The number of nitrogens with zero attached hydrogens (tertiary/aromatic N) is 1. The van der Waals surface area contributed by atoms with Gasteiger partial charge in [0.05, 0.1) is 12.2 Å². The van der Waals surface area contributed by atoms with Gasteiger partial charge >= 0.3 is 0 Å². The minimum Gasteiger partial charge on any atom is -0.493 e. The molecule has 0 radical (unpaired) electrons. The van der Waals surface area contributed by atoms with Crippen LogP contribution in [0.2, 0.25) is 0 Å². The molecule has 0 saturated heterocycles. The third kappa shape index (κ3) is 4.31. The summed E-state index contributed by atoms with van der Waals surface area (Å²) >= 11 is 0. The number of amides is 2. The minimum atomic E-state index is -0.185. The Morgan fingerprint density at radius 3 is 2.55 bits per heavy atom.